The summed E-state index contributed by atoms with van der Waals surface area (Å²) in [5, 5.41) is 6.25. The lowest BCUT2D eigenvalue weighted by Gasteiger charge is -2.30. The summed E-state index contributed by atoms with van der Waals surface area (Å²) in [6.07, 6.45) is 3.17. The van der Waals surface area contributed by atoms with E-state index in [9.17, 15) is 4.79 Å². The van der Waals surface area contributed by atoms with Gasteiger partial charge < -0.3 is 10.2 Å². The van der Waals surface area contributed by atoms with Gasteiger partial charge >= 0.3 is 0 Å². The van der Waals surface area contributed by atoms with Crippen molar-refractivity contribution >= 4 is 39.3 Å². The molecule has 3 nitrogen and oxygen atoms in total. The zero-order valence-corrected chi connectivity index (χ0v) is 15.5. The van der Waals surface area contributed by atoms with Crippen molar-refractivity contribution < 1.29 is 4.79 Å². The van der Waals surface area contributed by atoms with E-state index in [1.807, 2.05) is 12.1 Å². The van der Waals surface area contributed by atoms with Gasteiger partial charge in [0.2, 0.25) is 0 Å². The lowest BCUT2D eigenvalue weighted by atomic mass is 10.0. The third kappa shape index (κ3) is 3.62. The average Bonchev–Trinajstić information content (AvgIpc) is 3.33. The number of para-hydroxylation sites is 1. The van der Waals surface area contributed by atoms with Crippen LogP contribution in [0.5, 0.6) is 0 Å². The number of hydrogen-bond acceptors (Lipinski definition) is 4. The monoisotopic (exact) mass is 368 g/mol. The van der Waals surface area contributed by atoms with Crippen molar-refractivity contribution in [3.05, 3.63) is 69.2 Å². The number of aryl methyl sites for hydroxylation is 1. The summed E-state index contributed by atoms with van der Waals surface area (Å²) in [4.78, 5) is 16.8. The first kappa shape index (κ1) is 16.4. The minimum Gasteiger partial charge on any atom is -0.351 e. The molecule has 2 aromatic heterocycles. The third-order valence-electron chi connectivity index (χ3n) is 4.43. The molecular formula is C20H20N2OS2. The molecule has 0 radical (unpaired) electrons. The van der Waals surface area contributed by atoms with E-state index >= 15 is 0 Å². The molecule has 1 amide bonds. The highest BCUT2D eigenvalue weighted by atomic mass is 32.1. The SMILES string of the molecule is O=C(NCCc1cccs1)c1ccc(N2CCCc3ccccc32)s1. The maximum atomic E-state index is 12.4. The van der Waals surface area contributed by atoms with Gasteiger partial charge in [0.1, 0.15) is 0 Å². The summed E-state index contributed by atoms with van der Waals surface area (Å²) < 4.78 is 0. The van der Waals surface area contributed by atoms with Gasteiger partial charge in [0.15, 0.2) is 0 Å². The highest BCUT2D eigenvalue weighted by Crippen LogP contribution is 2.37. The van der Waals surface area contributed by atoms with Gasteiger partial charge in [0.25, 0.3) is 5.91 Å². The molecule has 1 aliphatic heterocycles. The van der Waals surface area contributed by atoms with Gasteiger partial charge in [0, 0.05) is 23.7 Å². The minimum atomic E-state index is 0.0260. The van der Waals surface area contributed by atoms with Crippen LogP contribution in [0.25, 0.3) is 0 Å². The predicted octanol–water partition coefficient (Wildman–Crippen LogP) is 4.87. The molecule has 3 heterocycles. The maximum absolute atomic E-state index is 12.4. The maximum Gasteiger partial charge on any atom is 0.261 e. The van der Waals surface area contributed by atoms with E-state index in [4.69, 9.17) is 0 Å². The van der Waals surface area contributed by atoms with Gasteiger partial charge in [-0.05, 0) is 54.5 Å². The number of hydrogen-bond donors (Lipinski definition) is 1. The highest BCUT2D eigenvalue weighted by Gasteiger charge is 2.20. The number of nitrogens with zero attached hydrogens (tertiary/aromatic N) is 1. The second-order valence-corrected chi connectivity index (χ2v) is 8.20. The van der Waals surface area contributed by atoms with Crippen LogP contribution in [0.1, 0.15) is 26.5 Å². The molecule has 0 bridgehead atoms. The molecule has 3 aromatic rings. The molecule has 25 heavy (non-hydrogen) atoms. The fourth-order valence-electron chi connectivity index (χ4n) is 3.20. The molecule has 128 valence electrons. The lowest BCUT2D eigenvalue weighted by Crippen LogP contribution is -2.25. The molecular weight excluding hydrogens is 348 g/mol. The smallest absolute Gasteiger partial charge is 0.261 e. The van der Waals surface area contributed by atoms with Crippen molar-refractivity contribution in [2.45, 2.75) is 19.3 Å². The fraction of sp³-hybridized carbons (Fsp3) is 0.250. The molecule has 0 fully saturated rings. The van der Waals surface area contributed by atoms with Crippen LogP contribution in [0.15, 0.2) is 53.9 Å². The molecule has 5 heteroatoms. The number of anilines is 2. The average molecular weight is 369 g/mol. The van der Waals surface area contributed by atoms with Crippen LogP contribution >= 0.6 is 22.7 Å². The Morgan fingerprint density at radius 1 is 1.12 bits per heavy atom. The zero-order valence-electron chi connectivity index (χ0n) is 13.9. The van der Waals surface area contributed by atoms with Gasteiger partial charge in [-0.2, -0.15) is 0 Å². The topological polar surface area (TPSA) is 32.3 Å². The summed E-state index contributed by atoms with van der Waals surface area (Å²) >= 11 is 3.31. The highest BCUT2D eigenvalue weighted by molar-refractivity contribution is 7.18. The Hall–Kier alpha value is -2.11. The van der Waals surface area contributed by atoms with Gasteiger partial charge in [-0.15, -0.1) is 22.7 Å². The first-order valence-electron chi connectivity index (χ1n) is 8.57. The molecule has 1 N–H and O–H groups in total. The summed E-state index contributed by atoms with van der Waals surface area (Å²) in [6.45, 7) is 1.69. The summed E-state index contributed by atoms with van der Waals surface area (Å²) in [5.74, 6) is 0.0260. The van der Waals surface area contributed by atoms with E-state index in [0.29, 0.717) is 6.54 Å². The van der Waals surface area contributed by atoms with Crippen molar-refractivity contribution in [2.24, 2.45) is 0 Å². The van der Waals surface area contributed by atoms with Crippen LogP contribution in [0.4, 0.5) is 10.7 Å². The van der Waals surface area contributed by atoms with E-state index in [1.165, 1.54) is 16.1 Å². The van der Waals surface area contributed by atoms with E-state index in [0.717, 1.165) is 35.7 Å². The van der Waals surface area contributed by atoms with E-state index in [1.54, 1.807) is 22.7 Å². The first-order valence-corrected chi connectivity index (χ1v) is 10.3. The van der Waals surface area contributed by atoms with Crippen molar-refractivity contribution in [3.8, 4) is 0 Å². The molecule has 0 spiro atoms. The Morgan fingerprint density at radius 3 is 2.92 bits per heavy atom. The third-order valence-corrected chi connectivity index (χ3v) is 6.47. The minimum absolute atomic E-state index is 0.0260. The van der Waals surface area contributed by atoms with Crippen LogP contribution < -0.4 is 10.2 Å². The summed E-state index contributed by atoms with van der Waals surface area (Å²) in [6, 6.07) is 16.7. The van der Waals surface area contributed by atoms with Crippen molar-refractivity contribution in [1.29, 1.82) is 0 Å². The summed E-state index contributed by atoms with van der Waals surface area (Å²) in [7, 11) is 0. The van der Waals surface area contributed by atoms with Crippen LogP contribution in [-0.4, -0.2) is 19.0 Å². The number of carbonyl (C=O) groups excluding carboxylic acids is 1. The largest absolute Gasteiger partial charge is 0.351 e. The fourth-order valence-corrected chi connectivity index (χ4v) is 4.87. The van der Waals surface area contributed by atoms with Gasteiger partial charge in [-0.3, -0.25) is 4.79 Å². The standard InChI is InChI=1S/C20H20N2OS2/c23-20(21-12-11-16-7-4-14-24-16)18-9-10-19(25-18)22-13-3-6-15-5-1-2-8-17(15)22/h1-2,4-5,7-10,14H,3,6,11-13H2,(H,21,23). The van der Waals surface area contributed by atoms with Crippen LogP contribution in [-0.2, 0) is 12.8 Å². The number of benzene rings is 1. The van der Waals surface area contributed by atoms with Gasteiger partial charge in [-0.1, -0.05) is 24.3 Å². The number of rotatable bonds is 5. The van der Waals surface area contributed by atoms with Crippen LogP contribution in [0.3, 0.4) is 0 Å². The van der Waals surface area contributed by atoms with E-state index in [-0.39, 0.29) is 5.91 Å². The first-order chi connectivity index (χ1) is 12.3. The van der Waals surface area contributed by atoms with E-state index < -0.39 is 0 Å². The van der Waals surface area contributed by atoms with Gasteiger partial charge in [0.05, 0.1) is 9.88 Å². The van der Waals surface area contributed by atoms with Crippen molar-refractivity contribution in [1.82, 2.24) is 5.32 Å². The van der Waals surface area contributed by atoms with Crippen molar-refractivity contribution in [3.63, 3.8) is 0 Å². The molecule has 0 atom stereocenters. The molecule has 0 unspecified atom stereocenters. The Morgan fingerprint density at radius 2 is 2.04 bits per heavy atom. The van der Waals surface area contributed by atoms with Crippen LogP contribution in [0, 0.1) is 0 Å². The Balaban J connectivity index is 1.43. The van der Waals surface area contributed by atoms with E-state index in [2.05, 4.69) is 52.0 Å². The number of thiophene rings is 2. The zero-order chi connectivity index (χ0) is 17.1. The molecule has 0 saturated carbocycles. The Kier molecular flexibility index (Phi) is 4.85. The number of carbonyl (C=O) groups is 1. The quantitative estimate of drug-likeness (QED) is 0.697. The molecule has 1 aromatic carbocycles. The number of fused-ring (bicyclic) bond motifs is 1. The second kappa shape index (κ2) is 7.42. The summed E-state index contributed by atoms with van der Waals surface area (Å²) in [5.41, 5.74) is 2.67. The predicted molar refractivity (Wildman–Crippen MR) is 106 cm³/mol. The Labute approximate surface area is 155 Å². The molecule has 0 aliphatic carbocycles. The molecule has 0 saturated heterocycles. The van der Waals surface area contributed by atoms with Crippen LogP contribution in [0.2, 0.25) is 0 Å². The second-order valence-electron chi connectivity index (χ2n) is 6.11. The molecule has 4 rings (SSSR count). The normalized spacial score (nSPS) is 13.5. The molecule has 1 aliphatic rings. The lowest BCUT2D eigenvalue weighted by molar-refractivity contribution is 0.0958. The number of nitrogens with one attached hydrogen (secondary N) is 1. The van der Waals surface area contributed by atoms with Gasteiger partial charge in [-0.25, -0.2) is 0 Å². The van der Waals surface area contributed by atoms with Crippen molar-refractivity contribution in [2.75, 3.05) is 18.0 Å². The Bertz CT molecular complexity index is 854. The number of amides is 1.